The van der Waals surface area contributed by atoms with Crippen LogP contribution in [0.1, 0.15) is 12.6 Å². The topological polar surface area (TPSA) is 50.7 Å². The molecule has 6 heteroatoms. The standard InChI is InChI=1S/C14H24N4O2/c1-12(10-18-6-8-20-9-7-18)17(2)11-13-4-5-14(19-3)16-15-13/h4-5,12H,6-11H2,1-3H3. The van der Waals surface area contributed by atoms with Crippen LogP contribution in [-0.2, 0) is 11.3 Å². The Bertz CT molecular complexity index is 393. The number of methoxy groups -OCH3 is 1. The van der Waals surface area contributed by atoms with Crippen molar-refractivity contribution in [1.82, 2.24) is 20.0 Å². The molecule has 0 amide bonds. The molecule has 1 aliphatic heterocycles. The van der Waals surface area contributed by atoms with E-state index in [1.54, 1.807) is 7.11 Å². The fourth-order valence-corrected chi connectivity index (χ4v) is 2.25. The SMILES string of the molecule is COc1ccc(CN(C)C(C)CN2CCOCC2)nn1. The van der Waals surface area contributed by atoms with Crippen LogP contribution in [0, 0.1) is 0 Å². The summed E-state index contributed by atoms with van der Waals surface area (Å²) in [4.78, 5) is 4.75. The minimum absolute atomic E-state index is 0.469. The Morgan fingerprint density at radius 2 is 2.10 bits per heavy atom. The monoisotopic (exact) mass is 280 g/mol. The first kappa shape index (κ1) is 15.2. The summed E-state index contributed by atoms with van der Waals surface area (Å²) < 4.78 is 10.4. The number of likely N-dealkylation sites (N-methyl/N-ethyl adjacent to an activating group) is 1. The van der Waals surface area contributed by atoms with E-state index in [4.69, 9.17) is 9.47 Å². The molecule has 0 saturated carbocycles. The van der Waals surface area contributed by atoms with Crippen molar-refractivity contribution < 1.29 is 9.47 Å². The average Bonchev–Trinajstić information content (AvgIpc) is 2.49. The van der Waals surface area contributed by atoms with E-state index in [1.807, 2.05) is 12.1 Å². The lowest BCUT2D eigenvalue weighted by atomic mass is 10.2. The molecule has 1 aromatic heterocycles. The Balaban J connectivity index is 1.81. The van der Waals surface area contributed by atoms with Crippen LogP contribution in [0.5, 0.6) is 5.88 Å². The van der Waals surface area contributed by atoms with Gasteiger partial charge in [0.25, 0.3) is 0 Å². The summed E-state index contributed by atoms with van der Waals surface area (Å²) in [5.74, 6) is 0.553. The van der Waals surface area contributed by atoms with Crippen molar-refractivity contribution in [2.24, 2.45) is 0 Å². The summed E-state index contributed by atoms with van der Waals surface area (Å²) in [7, 11) is 3.72. The van der Waals surface area contributed by atoms with Gasteiger partial charge in [-0.25, -0.2) is 0 Å². The summed E-state index contributed by atoms with van der Waals surface area (Å²) in [5, 5.41) is 8.17. The van der Waals surface area contributed by atoms with Crippen LogP contribution in [0.2, 0.25) is 0 Å². The predicted molar refractivity (Wildman–Crippen MR) is 76.8 cm³/mol. The van der Waals surface area contributed by atoms with E-state index in [-0.39, 0.29) is 0 Å². The molecule has 6 nitrogen and oxygen atoms in total. The minimum Gasteiger partial charge on any atom is -0.480 e. The Morgan fingerprint density at radius 1 is 1.35 bits per heavy atom. The van der Waals surface area contributed by atoms with Crippen LogP contribution in [0.25, 0.3) is 0 Å². The van der Waals surface area contributed by atoms with Crippen molar-refractivity contribution in [3.05, 3.63) is 17.8 Å². The number of rotatable bonds is 6. The van der Waals surface area contributed by atoms with Gasteiger partial charge in [0.05, 0.1) is 26.0 Å². The average molecular weight is 280 g/mol. The zero-order chi connectivity index (χ0) is 14.4. The van der Waals surface area contributed by atoms with Crippen LogP contribution in [-0.4, -0.2) is 73.0 Å². The number of nitrogens with zero attached hydrogens (tertiary/aromatic N) is 4. The van der Waals surface area contributed by atoms with Gasteiger partial charge < -0.3 is 9.47 Å². The predicted octanol–water partition coefficient (Wildman–Crippen LogP) is 0.638. The normalized spacial score (nSPS) is 18.2. The van der Waals surface area contributed by atoms with E-state index in [0.717, 1.165) is 45.1 Å². The van der Waals surface area contributed by atoms with Gasteiger partial charge >= 0.3 is 0 Å². The molecule has 0 spiro atoms. The highest BCUT2D eigenvalue weighted by molar-refractivity contribution is 5.11. The maximum Gasteiger partial charge on any atom is 0.233 e. The fraction of sp³-hybridized carbons (Fsp3) is 0.714. The maximum absolute atomic E-state index is 5.37. The third kappa shape index (κ3) is 4.40. The fourth-order valence-electron chi connectivity index (χ4n) is 2.25. The minimum atomic E-state index is 0.469. The van der Waals surface area contributed by atoms with Gasteiger partial charge in [0.15, 0.2) is 0 Å². The molecule has 0 bridgehead atoms. The second-order valence-electron chi connectivity index (χ2n) is 5.24. The number of hydrogen-bond acceptors (Lipinski definition) is 6. The van der Waals surface area contributed by atoms with E-state index in [9.17, 15) is 0 Å². The Morgan fingerprint density at radius 3 is 2.70 bits per heavy atom. The highest BCUT2D eigenvalue weighted by atomic mass is 16.5. The molecule has 1 aliphatic rings. The molecule has 0 aliphatic carbocycles. The first-order chi connectivity index (χ1) is 9.69. The second kappa shape index (κ2) is 7.52. The quantitative estimate of drug-likeness (QED) is 0.762. The first-order valence-corrected chi connectivity index (χ1v) is 7.06. The van der Waals surface area contributed by atoms with Crippen molar-refractivity contribution in [2.45, 2.75) is 19.5 Å². The molecule has 1 fully saturated rings. The molecule has 20 heavy (non-hydrogen) atoms. The van der Waals surface area contributed by atoms with Gasteiger partial charge in [0.2, 0.25) is 5.88 Å². The van der Waals surface area contributed by atoms with Crippen molar-refractivity contribution in [2.75, 3.05) is 47.0 Å². The number of morpholine rings is 1. The lowest BCUT2D eigenvalue weighted by molar-refractivity contribution is 0.0261. The molecule has 2 heterocycles. The van der Waals surface area contributed by atoms with E-state index >= 15 is 0 Å². The number of hydrogen-bond donors (Lipinski definition) is 0. The molecular weight excluding hydrogens is 256 g/mol. The van der Waals surface area contributed by atoms with Gasteiger partial charge in [-0.3, -0.25) is 9.80 Å². The van der Waals surface area contributed by atoms with Crippen molar-refractivity contribution in [3.8, 4) is 5.88 Å². The summed E-state index contributed by atoms with van der Waals surface area (Å²) in [5.41, 5.74) is 0.960. The van der Waals surface area contributed by atoms with Gasteiger partial charge in [0.1, 0.15) is 0 Å². The van der Waals surface area contributed by atoms with E-state index < -0.39 is 0 Å². The van der Waals surface area contributed by atoms with E-state index in [0.29, 0.717) is 11.9 Å². The first-order valence-electron chi connectivity index (χ1n) is 7.06. The Kier molecular flexibility index (Phi) is 5.70. The van der Waals surface area contributed by atoms with Gasteiger partial charge in [0, 0.05) is 38.3 Å². The van der Waals surface area contributed by atoms with Gasteiger partial charge in [-0.15, -0.1) is 5.10 Å². The van der Waals surface area contributed by atoms with Crippen LogP contribution < -0.4 is 4.74 Å². The summed E-state index contributed by atoms with van der Waals surface area (Å²) in [6.45, 7) is 7.85. The van der Waals surface area contributed by atoms with Crippen LogP contribution in [0.3, 0.4) is 0 Å². The zero-order valence-corrected chi connectivity index (χ0v) is 12.6. The molecule has 1 unspecified atom stereocenters. The highest BCUT2D eigenvalue weighted by Gasteiger charge is 2.17. The maximum atomic E-state index is 5.37. The van der Waals surface area contributed by atoms with Crippen molar-refractivity contribution in [1.29, 1.82) is 0 Å². The Hall–Kier alpha value is -1.24. The third-order valence-electron chi connectivity index (χ3n) is 3.69. The molecular formula is C14H24N4O2. The molecule has 0 aromatic carbocycles. The summed E-state index contributed by atoms with van der Waals surface area (Å²) in [6, 6.07) is 4.28. The number of ether oxygens (including phenoxy) is 2. The van der Waals surface area contributed by atoms with Crippen molar-refractivity contribution >= 4 is 0 Å². The van der Waals surface area contributed by atoms with E-state index in [2.05, 4.69) is 34.0 Å². The Labute approximate surface area is 120 Å². The molecule has 1 aromatic rings. The molecule has 0 radical (unpaired) electrons. The van der Waals surface area contributed by atoms with E-state index in [1.165, 1.54) is 0 Å². The van der Waals surface area contributed by atoms with Crippen LogP contribution in [0.4, 0.5) is 0 Å². The summed E-state index contributed by atoms with van der Waals surface area (Å²) in [6.07, 6.45) is 0. The van der Waals surface area contributed by atoms with Gasteiger partial charge in [-0.2, -0.15) is 5.10 Å². The largest absolute Gasteiger partial charge is 0.480 e. The smallest absolute Gasteiger partial charge is 0.233 e. The molecule has 112 valence electrons. The zero-order valence-electron chi connectivity index (χ0n) is 12.6. The lowest BCUT2D eigenvalue weighted by Crippen LogP contribution is -2.44. The van der Waals surface area contributed by atoms with Gasteiger partial charge in [-0.1, -0.05) is 0 Å². The molecule has 1 saturated heterocycles. The van der Waals surface area contributed by atoms with Crippen molar-refractivity contribution in [3.63, 3.8) is 0 Å². The lowest BCUT2D eigenvalue weighted by Gasteiger charge is -2.32. The molecule has 0 N–H and O–H groups in total. The van der Waals surface area contributed by atoms with Crippen LogP contribution >= 0.6 is 0 Å². The molecule has 2 rings (SSSR count). The highest BCUT2D eigenvalue weighted by Crippen LogP contribution is 2.09. The number of aromatic nitrogens is 2. The van der Waals surface area contributed by atoms with Crippen LogP contribution in [0.15, 0.2) is 12.1 Å². The second-order valence-corrected chi connectivity index (χ2v) is 5.24. The van der Waals surface area contributed by atoms with Gasteiger partial charge in [-0.05, 0) is 20.0 Å². The molecule has 1 atom stereocenters. The third-order valence-corrected chi connectivity index (χ3v) is 3.69. The summed E-state index contributed by atoms with van der Waals surface area (Å²) >= 11 is 0.